The van der Waals surface area contributed by atoms with Crippen LogP contribution >= 0.6 is 0 Å². The van der Waals surface area contributed by atoms with Gasteiger partial charge in [-0.3, -0.25) is 4.79 Å². The van der Waals surface area contributed by atoms with Gasteiger partial charge in [0.2, 0.25) is 0 Å². The van der Waals surface area contributed by atoms with Gasteiger partial charge in [0.05, 0.1) is 5.60 Å². The zero-order valence-electron chi connectivity index (χ0n) is 10.3. The highest BCUT2D eigenvalue weighted by Gasteiger charge is 2.25. The molecule has 1 N–H and O–H groups in total. The predicted molar refractivity (Wildman–Crippen MR) is 64.1 cm³/mol. The number of hydrogen-bond acceptors (Lipinski definition) is 2. The van der Waals surface area contributed by atoms with Crippen LogP contribution in [-0.4, -0.2) is 18.6 Å². The third-order valence-corrected chi connectivity index (χ3v) is 2.06. The van der Waals surface area contributed by atoms with E-state index in [1.54, 1.807) is 7.05 Å². The van der Waals surface area contributed by atoms with E-state index in [4.69, 9.17) is 4.74 Å². The molecule has 0 radical (unpaired) electrons. The smallest absolute Gasteiger partial charge is 0.253 e. The summed E-state index contributed by atoms with van der Waals surface area (Å²) in [5, 5.41) is 2.62. The number of hydrogen-bond donors (Lipinski definition) is 1. The SMILES string of the molecule is CNC(=O)C(OC(C)(C)C)c1ccccc1. The molecule has 3 heteroatoms. The highest BCUT2D eigenvalue weighted by Crippen LogP contribution is 2.23. The van der Waals surface area contributed by atoms with Gasteiger partial charge < -0.3 is 10.1 Å². The molecule has 0 aliphatic heterocycles. The molecule has 0 saturated carbocycles. The molecule has 1 amide bonds. The number of rotatable bonds is 3. The van der Waals surface area contributed by atoms with Crippen molar-refractivity contribution in [2.24, 2.45) is 0 Å². The first-order valence-corrected chi connectivity index (χ1v) is 5.38. The topological polar surface area (TPSA) is 38.3 Å². The maximum Gasteiger partial charge on any atom is 0.253 e. The lowest BCUT2D eigenvalue weighted by Gasteiger charge is -2.26. The Bertz CT molecular complexity index is 341. The average molecular weight is 221 g/mol. The molecular weight excluding hydrogens is 202 g/mol. The van der Waals surface area contributed by atoms with E-state index in [-0.39, 0.29) is 11.5 Å². The Labute approximate surface area is 96.8 Å². The van der Waals surface area contributed by atoms with Gasteiger partial charge in [0.25, 0.3) is 5.91 Å². The molecule has 0 aliphatic carbocycles. The average Bonchev–Trinajstić information content (AvgIpc) is 2.25. The van der Waals surface area contributed by atoms with Gasteiger partial charge in [-0.05, 0) is 26.3 Å². The van der Waals surface area contributed by atoms with Crippen molar-refractivity contribution in [1.82, 2.24) is 5.32 Å². The van der Waals surface area contributed by atoms with Gasteiger partial charge >= 0.3 is 0 Å². The summed E-state index contributed by atoms with van der Waals surface area (Å²) >= 11 is 0. The van der Waals surface area contributed by atoms with Crippen molar-refractivity contribution in [2.75, 3.05) is 7.05 Å². The van der Waals surface area contributed by atoms with Crippen molar-refractivity contribution < 1.29 is 9.53 Å². The van der Waals surface area contributed by atoms with Crippen LogP contribution in [0.5, 0.6) is 0 Å². The monoisotopic (exact) mass is 221 g/mol. The van der Waals surface area contributed by atoms with Crippen molar-refractivity contribution in [3.05, 3.63) is 35.9 Å². The lowest BCUT2D eigenvalue weighted by atomic mass is 10.1. The molecule has 0 fully saturated rings. The Morgan fingerprint density at radius 3 is 2.25 bits per heavy atom. The van der Waals surface area contributed by atoms with Crippen molar-refractivity contribution >= 4 is 5.91 Å². The Kier molecular flexibility index (Phi) is 4.07. The van der Waals surface area contributed by atoms with E-state index in [1.165, 1.54) is 0 Å². The molecule has 1 aromatic carbocycles. The molecule has 0 aliphatic rings. The third kappa shape index (κ3) is 3.66. The van der Waals surface area contributed by atoms with E-state index < -0.39 is 6.10 Å². The number of carbonyl (C=O) groups is 1. The normalized spacial score (nSPS) is 13.2. The Hall–Kier alpha value is -1.35. The summed E-state index contributed by atoms with van der Waals surface area (Å²) in [5.74, 6) is -0.124. The number of likely N-dealkylation sites (N-methyl/N-ethyl adjacent to an activating group) is 1. The molecule has 1 rings (SSSR count). The summed E-state index contributed by atoms with van der Waals surface area (Å²) in [6, 6.07) is 9.51. The zero-order chi connectivity index (χ0) is 12.2. The van der Waals surface area contributed by atoms with E-state index in [9.17, 15) is 4.79 Å². The molecule has 0 aromatic heterocycles. The van der Waals surface area contributed by atoms with Gasteiger partial charge in [-0.15, -0.1) is 0 Å². The highest BCUT2D eigenvalue weighted by atomic mass is 16.5. The fourth-order valence-corrected chi connectivity index (χ4v) is 1.39. The zero-order valence-corrected chi connectivity index (χ0v) is 10.3. The quantitative estimate of drug-likeness (QED) is 0.850. The minimum Gasteiger partial charge on any atom is -0.358 e. The lowest BCUT2D eigenvalue weighted by Crippen LogP contribution is -2.33. The van der Waals surface area contributed by atoms with Crippen molar-refractivity contribution in [3.8, 4) is 0 Å². The number of ether oxygens (including phenoxy) is 1. The van der Waals surface area contributed by atoms with Crippen molar-refractivity contribution in [2.45, 2.75) is 32.5 Å². The van der Waals surface area contributed by atoms with Crippen LogP contribution < -0.4 is 5.32 Å². The van der Waals surface area contributed by atoms with Gasteiger partial charge in [-0.1, -0.05) is 30.3 Å². The third-order valence-electron chi connectivity index (χ3n) is 2.06. The van der Waals surface area contributed by atoms with Gasteiger partial charge in [-0.2, -0.15) is 0 Å². The van der Waals surface area contributed by atoms with E-state index in [1.807, 2.05) is 51.1 Å². The molecule has 1 unspecified atom stereocenters. The van der Waals surface area contributed by atoms with E-state index in [0.717, 1.165) is 5.56 Å². The van der Waals surface area contributed by atoms with Gasteiger partial charge in [-0.25, -0.2) is 0 Å². The summed E-state index contributed by atoms with van der Waals surface area (Å²) in [4.78, 5) is 11.8. The molecule has 1 aromatic rings. The number of amides is 1. The van der Waals surface area contributed by atoms with Gasteiger partial charge in [0.15, 0.2) is 6.10 Å². The molecule has 3 nitrogen and oxygen atoms in total. The minimum absolute atomic E-state index is 0.124. The summed E-state index contributed by atoms with van der Waals surface area (Å²) in [6.45, 7) is 5.81. The van der Waals surface area contributed by atoms with Crippen LogP contribution in [0.25, 0.3) is 0 Å². The van der Waals surface area contributed by atoms with Crippen LogP contribution in [0.3, 0.4) is 0 Å². The molecule has 0 saturated heterocycles. The van der Waals surface area contributed by atoms with Crippen LogP contribution in [0.2, 0.25) is 0 Å². The summed E-state index contributed by atoms with van der Waals surface area (Å²) in [7, 11) is 1.62. The summed E-state index contributed by atoms with van der Waals surface area (Å²) < 4.78 is 5.76. The van der Waals surface area contributed by atoms with Crippen molar-refractivity contribution in [1.29, 1.82) is 0 Å². The molecular formula is C13H19NO2. The Morgan fingerprint density at radius 1 is 1.25 bits per heavy atom. The molecule has 16 heavy (non-hydrogen) atoms. The van der Waals surface area contributed by atoms with E-state index in [2.05, 4.69) is 5.32 Å². The number of benzene rings is 1. The van der Waals surface area contributed by atoms with E-state index in [0.29, 0.717) is 0 Å². The number of nitrogens with one attached hydrogen (secondary N) is 1. The van der Waals surface area contributed by atoms with Crippen LogP contribution in [0.4, 0.5) is 0 Å². The van der Waals surface area contributed by atoms with Gasteiger partial charge in [0.1, 0.15) is 0 Å². The lowest BCUT2D eigenvalue weighted by molar-refractivity contribution is -0.142. The highest BCUT2D eigenvalue weighted by molar-refractivity contribution is 5.81. The molecule has 0 bridgehead atoms. The predicted octanol–water partition coefficient (Wildman–Crippen LogP) is 2.29. The summed E-state index contributed by atoms with van der Waals surface area (Å²) in [5.41, 5.74) is 0.518. The largest absolute Gasteiger partial charge is 0.358 e. The molecule has 0 heterocycles. The Morgan fingerprint density at radius 2 is 1.81 bits per heavy atom. The van der Waals surface area contributed by atoms with Crippen LogP contribution in [-0.2, 0) is 9.53 Å². The van der Waals surface area contributed by atoms with Crippen LogP contribution in [0.1, 0.15) is 32.4 Å². The minimum atomic E-state index is -0.550. The van der Waals surface area contributed by atoms with Crippen LogP contribution in [0.15, 0.2) is 30.3 Å². The van der Waals surface area contributed by atoms with Crippen molar-refractivity contribution in [3.63, 3.8) is 0 Å². The van der Waals surface area contributed by atoms with Gasteiger partial charge in [0, 0.05) is 7.05 Å². The fourth-order valence-electron chi connectivity index (χ4n) is 1.39. The Balaban J connectivity index is 2.93. The first kappa shape index (κ1) is 12.7. The second-order valence-electron chi connectivity index (χ2n) is 4.64. The first-order valence-electron chi connectivity index (χ1n) is 5.38. The number of carbonyl (C=O) groups excluding carboxylic acids is 1. The van der Waals surface area contributed by atoms with E-state index >= 15 is 0 Å². The second-order valence-corrected chi connectivity index (χ2v) is 4.64. The second kappa shape index (κ2) is 5.12. The first-order chi connectivity index (χ1) is 7.44. The standard InChI is InChI=1S/C13H19NO2/c1-13(2,3)16-11(12(15)14-4)10-8-6-5-7-9-10/h5-9,11H,1-4H3,(H,14,15). The fraction of sp³-hybridized carbons (Fsp3) is 0.462. The maximum absolute atomic E-state index is 11.8. The van der Waals surface area contributed by atoms with Crippen LogP contribution in [0, 0.1) is 0 Å². The molecule has 1 atom stereocenters. The molecule has 0 spiro atoms. The summed E-state index contributed by atoms with van der Waals surface area (Å²) in [6.07, 6.45) is -0.550. The molecule has 88 valence electrons. The maximum atomic E-state index is 11.8.